The highest BCUT2D eigenvalue weighted by Crippen LogP contribution is 2.32. The van der Waals surface area contributed by atoms with Gasteiger partial charge in [0.25, 0.3) is 0 Å². The topological polar surface area (TPSA) is 85.6 Å². The van der Waals surface area contributed by atoms with Gasteiger partial charge in [0, 0.05) is 33.1 Å². The van der Waals surface area contributed by atoms with Crippen LogP contribution < -0.4 is 20.1 Å². The van der Waals surface area contributed by atoms with Crippen molar-refractivity contribution < 1.29 is 9.47 Å². The van der Waals surface area contributed by atoms with Gasteiger partial charge in [-0.2, -0.15) is 0 Å². The Labute approximate surface area is 140 Å². The Hall–Kier alpha value is -2.77. The van der Waals surface area contributed by atoms with Crippen LogP contribution in [0, 0.1) is 0 Å². The summed E-state index contributed by atoms with van der Waals surface area (Å²) in [7, 11) is 1.76. The van der Waals surface area contributed by atoms with Crippen LogP contribution in [0.3, 0.4) is 0 Å². The van der Waals surface area contributed by atoms with Crippen molar-refractivity contribution in [2.75, 3.05) is 20.4 Å². The molecule has 3 rings (SSSR count). The maximum absolute atomic E-state index is 5.39. The number of benzene rings is 1. The molecule has 2 aromatic rings. The van der Waals surface area contributed by atoms with E-state index in [4.69, 9.17) is 9.47 Å². The number of aliphatic imine (C=N–C) groups is 1. The first-order chi connectivity index (χ1) is 11.8. The van der Waals surface area contributed by atoms with Crippen LogP contribution in [0.4, 0.5) is 0 Å². The average Bonchev–Trinajstić information content (AvgIpc) is 3.25. The molecule has 2 N–H and O–H groups in total. The van der Waals surface area contributed by atoms with E-state index in [1.165, 1.54) is 0 Å². The third-order valence-corrected chi connectivity index (χ3v) is 3.78. The van der Waals surface area contributed by atoms with Crippen molar-refractivity contribution in [3.63, 3.8) is 0 Å². The van der Waals surface area contributed by atoms with Gasteiger partial charge in [-0.3, -0.25) is 4.99 Å². The smallest absolute Gasteiger partial charge is 0.231 e. The summed E-state index contributed by atoms with van der Waals surface area (Å²) in [6.45, 7) is 4.55. The lowest BCUT2D eigenvalue weighted by Crippen LogP contribution is -2.38. The molecule has 0 bridgehead atoms. The van der Waals surface area contributed by atoms with Gasteiger partial charge in [0.05, 0.1) is 0 Å². The highest BCUT2D eigenvalue weighted by molar-refractivity contribution is 5.79. The summed E-state index contributed by atoms with van der Waals surface area (Å²) in [4.78, 5) is 4.23. The second-order valence-electron chi connectivity index (χ2n) is 5.33. The highest BCUT2D eigenvalue weighted by Gasteiger charge is 2.13. The van der Waals surface area contributed by atoms with E-state index in [0.717, 1.165) is 48.4 Å². The van der Waals surface area contributed by atoms with Gasteiger partial charge in [-0.05, 0) is 17.7 Å². The number of nitrogens with one attached hydrogen (secondary N) is 2. The third kappa shape index (κ3) is 3.76. The molecule has 0 saturated heterocycles. The van der Waals surface area contributed by atoms with Crippen molar-refractivity contribution in [3.05, 3.63) is 35.9 Å². The molecule has 1 aliphatic heterocycles. The number of nitrogens with zero attached hydrogens (tertiary/aromatic N) is 4. The Morgan fingerprint density at radius 2 is 2.17 bits per heavy atom. The molecule has 0 radical (unpaired) electrons. The third-order valence-electron chi connectivity index (χ3n) is 3.78. The van der Waals surface area contributed by atoms with E-state index in [-0.39, 0.29) is 6.79 Å². The lowest BCUT2D eigenvalue weighted by molar-refractivity contribution is 0.174. The first kappa shape index (κ1) is 16.1. The van der Waals surface area contributed by atoms with Gasteiger partial charge >= 0.3 is 0 Å². The van der Waals surface area contributed by atoms with Crippen LogP contribution in [-0.4, -0.2) is 41.1 Å². The summed E-state index contributed by atoms with van der Waals surface area (Å²) in [6, 6.07) is 5.92. The molecule has 8 heteroatoms. The van der Waals surface area contributed by atoms with Crippen molar-refractivity contribution in [2.45, 2.75) is 26.4 Å². The standard InChI is InChI=1S/C16H22N6O2/c1-3-15-21-20-10-22(15)7-6-18-16(17-2)19-9-12-4-5-13-14(8-12)24-11-23-13/h4-5,8,10H,3,6-7,9,11H2,1-2H3,(H2,17,18,19). The summed E-state index contributed by atoms with van der Waals surface area (Å²) >= 11 is 0. The van der Waals surface area contributed by atoms with Gasteiger partial charge in [-0.25, -0.2) is 0 Å². The van der Waals surface area contributed by atoms with Gasteiger partial charge in [-0.15, -0.1) is 10.2 Å². The van der Waals surface area contributed by atoms with E-state index in [1.807, 2.05) is 22.8 Å². The number of guanidine groups is 1. The van der Waals surface area contributed by atoms with Crippen molar-refractivity contribution >= 4 is 5.96 Å². The monoisotopic (exact) mass is 330 g/mol. The predicted octanol–water partition coefficient (Wildman–Crippen LogP) is 0.934. The fraction of sp³-hybridized carbons (Fsp3) is 0.438. The minimum Gasteiger partial charge on any atom is -0.454 e. The van der Waals surface area contributed by atoms with E-state index in [9.17, 15) is 0 Å². The zero-order valence-electron chi connectivity index (χ0n) is 14.0. The van der Waals surface area contributed by atoms with Crippen LogP contribution in [0.2, 0.25) is 0 Å². The summed E-state index contributed by atoms with van der Waals surface area (Å²) < 4.78 is 12.7. The summed E-state index contributed by atoms with van der Waals surface area (Å²) in [5.74, 6) is 3.32. The Morgan fingerprint density at radius 3 is 3.00 bits per heavy atom. The van der Waals surface area contributed by atoms with Gasteiger partial charge < -0.3 is 24.7 Å². The second kappa shape index (κ2) is 7.67. The molecular weight excluding hydrogens is 308 g/mol. The molecule has 0 unspecified atom stereocenters. The number of hydrogen-bond donors (Lipinski definition) is 2. The van der Waals surface area contributed by atoms with E-state index < -0.39 is 0 Å². The normalized spacial score (nSPS) is 13.2. The number of aryl methyl sites for hydroxylation is 1. The molecule has 1 aliphatic rings. The fourth-order valence-electron chi connectivity index (χ4n) is 2.49. The van der Waals surface area contributed by atoms with E-state index in [0.29, 0.717) is 6.54 Å². The minimum absolute atomic E-state index is 0.290. The Balaban J connectivity index is 1.47. The number of hydrogen-bond acceptors (Lipinski definition) is 5. The fourth-order valence-corrected chi connectivity index (χ4v) is 2.49. The van der Waals surface area contributed by atoms with Crippen LogP contribution in [0.15, 0.2) is 29.5 Å². The molecule has 8 nitrogen and oxygen atoms in total. The molecule has 1 aromatic carbocycles. The molecular formula is C16H22N6O2. The van der Waals surface area contributed by atoms with Gasteiger partial charge in [0.15, 0.2) is 17.5 Å². The second-order valence-corrected chi connectivity index (χ2v) is 5.33. The van der Waals surface area contributed by atoms with Gasteiger partial charge in [0.1, 0.15) is 12.2 Å². The molecule has 0 aliphatic carbocycles. The number of rotatable bonds is 6. The number of ether oxygens (including phenoxy) is 2. The molecule has 24 heavy (non-hydrogen) atoms. The lowest BCUT2D eigenvalue weighted by Gasteiger charge is -2.13. The Morgan fingerprint density at radius 1 is 1.29 bits per heavy atom. The lowest BCUT2D eigenvalue weighted by atomic mass is 10.2. The van der Waals surface area contributed by atoms with E-state index in [1.54, 1.807) is 13.4 Å². The van der Waals surface area contributed by atoms with E-state index in [2.05, 4.69) is 32.7 Å². The van der Waals surface area contributed by atoms with Crippen LogP contribution >= 0.6 is 0 Å². The van der Waals surface area contributed by atoms with Crippen molar-refractivity contribution in [2.24, 2.45) is 4.99 Å². The first-order valence-electron chi connectivity index (χ1n) is 8.00. The zero-order valence-corrected chi connectivity index (χ0v) is 14.0. The summed E-state index contributed by atoms with van der Waals surface area (Å²) in [6.07, 6.45) is 2.63. The molecule has 128 valence electrons. The highest BCUT2D eigenvalue weighted by atomic mass is 16.7. The molecule has 1 aromatic heterocycles. The van der Waals surface area contributed by atoms with Crippen LogP contribution in [0.1, 0.15) is 18.3 Å². The molecule has 2 heterocycles. The Kier molecular flexibility index (Phi) is 5.15. The van der Waals surface area contributed by atoms with Crippen molar-refractivity contribution in [1.29, 1.82) is 0 Å². The quantitative estimate of drug-likeness (QED) is 0.605. The van der Waals surface area contributed by atoms with Gasteiger partial charge in [0.2, 0.25) is 6.79 Å². The zero-order chi connectivity index (χ0) is 16.8. The summed E-state index contributed by atoms with van der Waals surface area (Å²) in [5.41, 5.74) is 1.11. The molecule has 0 amide bonds. The van der Waals surface area contributed by atoms with Crippen molar-refractivity contribution in [3.8, 4) is 11.5 Å². The maximum atomic E-state index is 5.39. The maximum Gasteiger partial charge on any atom is 0.231 e. The number of fused-ring (bicyclic) bond motifs is 1. The van der Waals surface area contributed by atoms with Crippen LogP contribution in [0.5, 0.6) is 11.5 Å². The molecule has 0 saturated carbocycles. The average molecular weight is 330 g/mol. The number of aromatic nitrogens is 3. The summed E-state index contributed by atoms with van der Waals surface area (Å²) in [5, 5.41) is 14.6. The Bertz CT molecular complexity index is 712. The minimum atomic E-state index is 0.290. The molecule has 0 spiro atoms. The van der Waals surface area contributed by atoms with Gasteiger partial charge in [-0.1, -0.05) is 13.0 Å². The largest absolute Gasteiger partial charge is 0.454 e. The predicted molar refractivity (Wildman–Crippen MR) is 90.2 cm³/mol. The SMILES string of the molecule is CCc1nncn1CCNC(=NC)NCc1ccc2c(c1)OCO2. The van der Waals surface area contributed by atoms with Crippen molar-refractivity contribution in [1.82, 2.24) is 25.4 Å². The first-order valence-corrected chi connectivity index (χ1v) is 8.00. The van der Waals surface area contributed by atoms with E-state index >= 15 is 0 Å². The molecule has 0 atom stereocenters. The van der Waals surface area contributed by atoms with Crippen LogP contribution in [0.25, 0.3) is 0 Å². The molecule has 0 fully saturated rings. The van der Waals surface area contributed by atoms with Crippen LogP contribution in [-0.2, 0) is 19.5 Å².